The van der Waals surface area contributed by atoms with Gasteiger partial charge in [-0.3, -0.25) is 9.88 Å². The summed E-state index contributed by atoms with van der Waals surface area (Å²) in [6.45, 7) is 2.80. The Morgan fingerprint density at radius 2 is 1.79 bits per heavy atom. The minimum Gasteiger partial charge on any atom is -0.504 e. The maximum atomic E-state index is 10.9. The first-order chi connectivity index (χ1) is 16.2. The third-order valence-electron chi connectivity index (χ3n) is 5.92. The van der Waals surface area contributed by atoms with Gasteiger partial charge in [-0.2, -0.15) is 0 Å². The fraction of sp³-hybridized carbons (Fsp3) is 0.148. The topological polar surface area (TPSA) is 54.8 Å². The number of hydrogen-bond acceptors (Lipinski definition) is 6. The second kappa shape index (κ2) is 8.46. The van der Waals surface area contributed by atoms with E-state index in [0.717, 1.165) is 51.1 Å². The van der Waals surface area contributed by atoms with Crippen molar-refractivity contribution in [3.8, 4) is 34.1 Å². The van der Waals surface area contributed by atoms with Crippen LogP contribution < -0.4 is 9.47 Å². The molecule has 0 aliphatic carbocycles. The number of nitrogens with zero attached hydrogens (tertiary/aromatic N) is 2. The highest BCUT2D eigenvalue weighted by atomic mass is 32.2. The number of fused-ring (bicyclic) bond motifs is 3. The van der Waals surface area contributed by atoms with Crippen LogP contribution in [-0.4, -0.2) is 28.1 Å². The van der Waals surface area contributed by atoms with Gasteiger partial charge in [-0.1, -0.05) is 36.0 Å². The van der Waals surface area contributed by atoms with E-state index in [1.165, 1.54) is 5.56 Å². The van der Waals surface area contributed by atoms with Crippen LogP contribution in [0.5, 0.6) is 23.0 Å². The van der Waals surface area contributed by atoms with Crippen molar-refractivity contribution in [1.82, 2.24) is 9.88 Å². The van der Waals surface area contributed by atoms with Gasteiger partial charge in [0.2, 0.25) is 0 Å². The number of benzene rings is 3. The van der Waals surface area contributed by atoms with E-state index in [-0.39, 0.29) is 5.75 Å². The molecule has 0 spiro atoms. The highest BCUT2D eigenvalue weighted by molar-refractivity contribution is 7.99. The zero-order chi connectivity index (χ0) is 22.2. The molecule has 0 atom stereocenters. The molecule has 3 heterocycles. The Bertz CT molecular complexity index is 1330. The van der Waals surface area contributed by atoms with E-state index in [0.29, 0.717) is 18.9 Å². The Morgan fingerprint density at radius 1 is 0.939 bits per heavy atom. The molecule has 164 valence electrons. The second-order valence-electron chi connectivity index (χ2n) is 8.18. The van der Waals surface area contributed by atoms with Crippen LogP contribution >= 0.6 is 11.8 Å². The maximum Gasteiger partial charge on any atom is 0.165 e. The number of hydrogen-bond donors (Lipinski definition) is 1. The van der Waals surface area contributed by atoms with E-state index < -0.39 is 0 Å². The lowest BCUT2D eigenvalue weighted by molar-refractivity contribution is 0.217. The third-order valence-corrected chi connectivity index (χ3v) is 7.02. The predicted molar refractivity (Wildman–Crippen MR) is 128 cm³/mol. The van der Waals surface area contributed by atoms with Crippen molar-refractivity contribution in [2.45, 2.75) is 22.9 Å². The van der Waals surface area contributed by atoms with Crippen molar-refractivity contribution in [1.29, 1.82) is 0 Å². The Kier molecular flexibility index (Phi) is 5.17. The molecule has 0 bridgehead atoms. The third kappa shape index (κ3) is 3.92. The molecule has 2 aliphatic heterocycles. The Labute approximate surface area is 196 Å². The summed E-state index contributed by atoms with van der Waals surface area (Å²) in [6.07, 6.45) is 3.63. The molecule has 0 saturated carbocycles. The first kappa shape index (κ1) is 20.1. The number of phenolic OH excluding ortho intramolecular Hbond substituents is 1. The lowest BCUT2D eigenvalue weighted by Crippen LogP contribution is -2.25. The smallest absolute Gasteiger partial charge is 0.165 e. The zero-order valence-electron chi connectivity index (χ0n) is 17.9. The number of aromatic nitrogens is 1. The SMILES string of the molecule is Oc1cc(-c2cccc3c2Oc2ccccc2S3)cc2c1OCCN(Cc1ccncc1)C2. The molecular weight excluding hydrogens is 432 g/mol. The summed E-state index contributed by atoms with van der Waals surface area (Å²) in [5.41, 5.74) is 4.04. The van der Waals surface area contributed by atoms with E-state index in [4.69, 9.17) is 9.47 Å². The summed E-state index contributed by atoms with van der Waals surface area (Å²) in [4.78, 5) is 8.61. The number of phenols is 1. The minimum atomic E-state index is 0.162. The summed E-state index contributed by atoms with van der Waals surface area (Å²) in [7, 11) is 0. The van der Waals surface area contributed by atoms with Crippen LogP contribution in [0, 0.1) is 0 Å². The molecule has 6 rings (SSSR count). The highest BCUT2D eigenvalue weighted by Crippen LogP contribution is 2.51. The molecule has 6 heteroatoms. The molecule has 0 amide bonds. The molecule has 3 aromatic carbocycles. The van der Waals surface area contributed by atoms with Gasteiger partial charge in [0.05, 0.1) is 9.79 Å². The van der Waals surface area contributed by atoms with E-state index in [2.05, 4.69) is 28.1 Å². The molecule has 1 N–H and O–H groups in total. The molecular formula is C27H22N2O3S. The van der Waals surface area contributed by atoms with Gasteiger partial charge in [-0.15, -0.1) is 0 Å². The second-order valence-corrected chi connectivity index (χ2v) is 9.27. The summed E-state index contributed by atoms with van der Waals surface area (Å²) in [5, 5.41) is 10.9. The predicted octanol–water partition coefficient (Wildman–Crippen LogP) is 6.11. The molecule has 33 heavy (non-hydrogen) atoms. The summed E-state index contributed by atoms with van der Waals surface area (Å²) in [6, 6.07) is 22.2. The monoisotopic (exact) mass is 454 g/mol. The zero-order valence-corrected chi connectivity index (χ0v) is 18.7. The van der Waals surface area contributed by atoms with Crippen molar-refractivity contribution in [3.63, 3.8) is 0 Å². The van der Waals surface area contributed by atoms with Crippen LogP contribution in [0.2, 0.25) is 0 Å². The molecule has 0 saturated heterocycles. The normalized spacial score (nSPS) is 14.8. The molecule has 2 aliphatic rings. The number of rotatable bonds is 3. The van der Waals surface area contributed by atoms with Gasteiger partial charge in [0.15, 0.2) is 11.5 Å². The van der Waals surface area contributed by atoms with E-state index >= 15 is 0 Å². The van der Waals surface area contributed by atoms with Crippen LogP contribution in [0.1, 0.15) is 11.1 Å². The summed E-state index contributed by atoms with van der Waals surface area (Å²) >= 11 is 1.70. The fourth-order valence-corrected chi connectivity index (χ4v) is 5.35. The van der Waals surface area contributed by atoms with Gasteiger partial charge in [-0.05, 0) is 53.6 Å². The Morgan fingerprint density at radius 3 is 2.70 bits per heavy atom. The summed E-state index contributed by atoms with van der Waals surface area (Å²) < 4.78 is 12.3. The van der Waals surface area contributed by atoms with Gasteiger partial charge < -0.3 is 14.6 Å². The molecule has 1 aromatic heterocycles. The average molecular weight is 455 g/mol. The van der Waals surface area contributed by atoms with Crippen molar-refractivity contribution >= 4 is 11.8 Å². The number of pyridine rings is 1. The Hall–Kier alpha value is -3.48. The fourth-order valence-electron chi connectivity index (χ4n) is 4.37. The van der Waals surface area contributed by atoms with Gasteiger partial charge in [0.1, 0.15) is 18.1 Å². The van der Waals surface area contributed by atoms with Crippen LogP contribution in [0.15, 0.2) is 88.9 Å². The summed E-state index contributed by atoms with van der Waals surface area (Å²) in [5.74, 6) is 2.41. The van der Waals surface area contributed by atoms with E-state index in [1.807, 2.05) is 54.9 Å². The van der Waals surface area contributed by atoms with Crippen LogP contribution in [0.4, 0.5) is 0 Å². The standard InChI is InChI=1S/C27H22N2O3S/c30-22-15-19(21-4-3-7-25-27(21)32-23-5-1-2-6-24(23)33-25)14-20-17-29(12-13-31-26(20)22)16-18-8-10-28-11-9-18/h1-11,14-15,30H,12-13,16-17H2. The van der Waals surface area contributed by atoms with E-state index in [9.17, 15) is 5.11 Å². The van der Waals surface area contributed by atoms with Gasteiger partial charge in [0.25, 0.3) is 0 Å². The number of para-hydroxylation sites is 2. The number of aromatic hydroxyl groups is 1. The molecule has 5 nitrogen and oxygen atoms in total. The van der Waals surface area contributed by atoms with Crippen LogP contribution in [0.3, 0.4) is 0 Å². The first-order valence-electron chi connectivity index (χ1n) is 10.9. The first-order valence-corrected chi connectivity index (χ1v) is 11.7. The lowest BCUT2D eigenvalue weighted by Gasteiger charge is -2.23. The van der Waals surface area contributed by atoms with Crippen LogP contribution in [-0.2, 0) is 13.1 Å². The molecule has 0 unspecified atom stereocenters. The van der Waals surface area contributed by atoms with Crippen molar-refractivity contribution in [2.24, 2.45) is 0 Å². The van der Waals surface area contributed by atoms with Crippen LogP contribution in [0.25, 0.3) is 11.1 Å². The quantitative estimate of drug-likeness (QED) is 0.355. The number of ether oxygens (including phenoxy) is 2. The largest absolute Gasteiger partial charge is 0.504 e. The average Bonchev–Trinajstić information content (AvgIpc) is 3.05. The van der Waals surface area contributed by atoms with Gasteiger partial charge >= 0.3 is 0 Å². The molecule has 0 fully saturated rings. The van der Waals surface area contributed by atoms with Gasteiger partial charge in [-0.25, -0.2) is 0 Å². The molecule has 4 aromatic rings. The van der Waals surface area contributed by atoms with E-state index in [1.54, 1.807) is 17.8 Å². The van der Waals surface area contributed by atoms with Crippen molar-refractivity contribution in [2.75, 3.05) is 13.2 Å². The lowest BCUT2D eigenvalue weighted by atomic mass is 10.00. The van der Waals surface area contributed by atoms with Crippen molar-refractivity contribution < 1.29 is 14.6 Å². The Balaban J connectivity index is 1.36. The van der Waals surface area contributed by atoms with Crippen molar-refractivity contribution in [3.05, 3.63) is 90.3 Å². The van der Waals surface area contributed by atoms with Gasteiger partial charge in [0, 0.05) is 43.2 Å². The minimum absolute atomic E-state index is 0.162. The maximum absolute atomic E-state index is 10.9. The molecule has 0 radical (unpaired) electrons. The highest BCUT2D eigenvalue weighted by Gasteiger charge is 2.24.